The largest absolute Gasteiger partial charge is 0.497 e. The van der Waals surface area contributed by atoms with E-state index in [1.165, 1.54) is 12.0 Å². The summed E-state index contributed by atoms with van der Waals surface area (Å²) < 4.78 is 15.4. The van der Waals surface area contributed by atoms with Crippen LogP contribution in [0.3, 0.4) is 0 Å². The summed E-state index contributed by atoms with van der Waals surface area (Å²) in [7, 11) is 6.65. The van der Waals surface area contributed by atoms with E-state index in [1.54, 1.807) is 44.5 Å². The molecule has 0 aliphatic carbocycles. The number of hydrogen-bond acceptors (Lipinski definition) is 6. The molecule has 1 aliphatic heterocycles. The molecular weight excluding hydrogens is 372 g/mol. The van der Waals surface area contributed by atoms with Gasteiger partial charge < -0.3 is 19.1 Å². The number of rotatable bonds is 6. The maximum atomic E-state index is 12.5. The Morgan fingerprint density at radius 3 is 2.45 bits per heavy atom. The van der Waals surface area contributed by atoms with Crippen LogP contribution < -0.4 is 19.3 Å². The van der Waals surface area contributed by atoms with Crippen molar-refractivity contribution in [3.63, 3.8) is 0 Å². The van der Waals surface area contributed by atoms with Crippen molar-refractivity contribution >= 4 is 23.4 Å². The molecule has 1 unspecified atom stereocenters. The van der Waals surface area contributed by atoms with Gasteiger partial charge in [-0.25, -0.2) is 4.79 Å². The molecule has 1 heterocycles. The summed E-state index contributed by atoms with van der Waals surface area (Å²) in [6, 6.07) is 12.8. The van der Waals surface area contributed by atoms with Crippen molar-refractivity contribution in [2.24, 2.45) is 0 Å². The van der Waals surface area contributed by atoms with Crippen LogP contribution in [0.1, 0.15) is 24.3 Å². The van der Waals surface area contributed by atoms with Crippen molar-refractivity contribution in [2.45, 2.75) is 18.8 Å². The Balaban J connectivity index is 1.68. The molecule has 2 aromatic rings. The number of benzene rings is 2. The fourth-order valence-electron chi connectivity index (χ4n) is 3.51. The van der Waals surface area contributed by atoms with Gasteiger partial charge in [0.15, 0.2) is 0 Å². The van der Waals surface area contributed by atoms with E-state index >= 15 is 0 Å². The van der Waals surface area contributed by atoms with E-state index < -0.39 is 6.09 Å². The summed E-state index contributed by atoms with van der Waals surface area (Å²) in [4.78, 5) is 27.5. The molecule has 7 heteroatoms. The number of anilines is 2. The molecule has 0 saturated heterocycles. The average molecular weight is 398 g/mol. The number of hydrogen-bond donors (Lipinski definition) is 0. The van der Waals surface area contributed by atoms with Crippen LogP contribution in [0, 0.1) is 0 Å². The summed E-state index contributed by atoms with van der Waals surface area (Å²) in [6.45, 7) is 0.815. The Morgan fingerprint density at radius 1 is 1.10 bits per heavy atom. The molecule has 0 fully saturated rings. The molecule has 1 aliphatic rings. The van der Waals surface area contributed by atoms with Crippen LogP contribution in [-0.2, 0) is 9.53 Å². The first-order chi connectivity index (χ1) is 13.9. The number of methoxy groups -OCH3 is 2. The minimum Gasteiger partial charge on any atom is -0.497 e. The monoisotopic (exact) mass is 398 g/mol. The zero-order valence-corrected chi connectivity index (χ0v) is 17.2. The second-order valence-corrected chi connectivity index (χ2v) is 7.04. The van der Waals surface area contributed by atoms with Crippen LogP contribution in [-0.4, -0.2) is 46.9 Å². The first kappa shape index (κ1) is 20.5. The van der Waals surface area contributed by atoms with Gasteiger partial charge in [-0.05, 0) is 42.3 Å². The van der Waals surface area contributed by atoms with E-state index in [9.17, 15) is 9.59 Å². The topological polar surface area (TPSA) is 68.3 Å². The lowest BCUT2D eigenvalue weighted by Crippen LogP contribution is -2.29. The molecule has 3 rings (SSSR count). The molecule has 0 aromatic heterocycles. The standard InChI is InChI=1S/C22H26N2O5/c1-23-14-15(5-12-21(25)28-4)19-11-10-18(13-20(19)23)29-22(26)24(2)16-6-8-17(27-3)9-7-16/h6-11,13,15H,5,12,14H2,1-4H3. The summed E-state index contributed by atoms with van der Waals surface area (Å²) in [5.41, 5.74) is 2.87. The molecule has 29 heavy (non-hydrogen) atoms. The van der Waals surface area contributed by atoms with Crippen molar-refractivity contribution in [1.82, 2.24) is 0 Å². The average Bonchev–Trinajstić information content (AvgIpc) is 3.06. The van der Waals surface area contributed by atoms with E-state index in [0.717, 1.165) is 30.0 Å². The van der Waals surface area contributed by atoms with Gasteiger partial charge in [-0.2, -0.15) is 0 Å². The van der Waals surface area contributed by atoms with Crippen LogP contribution in [0.4, 0.5) is 16.2 Å². The van der Waals surface area contributed by atoms with Gasteiger partial charge in [0.05, 0.1) is 14.2 Å². The SMILES string of the molecule is COC(=O)CCC1CN(C)c2cc(OC(=O)N(C)c3ccc(OC)cc3)ccc21. The predicted octanol–water partition coefficient (Wildman–Crippen LogP) is 3.82. The van der Waals surface area contributed by atoms with E-state index in [4.69, 9.17) is 14.2 Å². The van der Waals surface area contributed by atoms with Gasteiger partial charge in [-0.1, -0.05) is 6.07 Å². The van der Waals surface area contributed by atoms with E-state index in [2.05, 4.69) is 4.90 Å². The fraction of sp³-hybridized carbons (Fsp3) is 0.364. The number of carbonyl (C=O) groups excluding carboxylic acids is 2. The number of amides is 1. The van der Waals surface area contributed by atoms with Gasteiger partial charge in [0, 0.05) is 50.4 Å². The number of fused-ring (bicyclic) bond motifs is 1. The Kier molecular flexibility index (Phi) is 6.26. The molecule has 0 saturated carbocycles. The second kappa shape index (κ2) is 8.86. The van der Waals surface area contributed by atoms with E-state index in [1.807, 2.05) is 19.2 Å². The molecule has 7 nitrogen and oxygen atoms in total. The summed E-state index contributed by atoms with van der Waals surface area (Å²) in [6.07, 6.45) is 0.638. The lowest BCUT2D eigenvalue weighted by atomic mass is 9.96. The zero-order chi connectivity index (χ0) is 21.0. The van der Waals surface area contributed by atoms with Crippen LogP contribution in [0.5, 0.6) is 11.5 Å². The highest BCUT2D eigenvalue weighted by molar-refractivity contribution is 5.88. The lowest BCUT2D eigenvalue weighted by molar-refractivity contribution is -0.140. The van der Waals surface area contributed by atoms with Crippen LogP contribution in [0.2, 0.25) is 0 Å². The van der Waals surface area contributed by atoms with Gasteiger partial charge in [0.1, 0.15) is 11.5 Å². The lowest BCUT2D eigenvalue weighted by Gasteiger charge is -2.18. The van der Waals surface area contributed by atoms with Crippen LogP contribution >= 0.6 is 0 Å². The third-order valence-corrected chi connectivity index (χ3v) is 5.21. The van der Waals surface area contributed by atoms with Crippen molar-refractivity contribution in [3.8, 4) is 11.5 Å². The number of likely N-dealkylation sites (N-methyl/N-ethyl adjacent to an activating group) is 1. The Morgan fingerprint density at radius 2 is 1.79 bits per heavy atom. The van der Waals surface area contributed by atoms with Crippen molar-refractivity contribution in [2.75, 3.05) is 44.7 Å². The van der Waals surface area contributed by atoms with Gasteiger partial charge in [0.2, 0.25) is 0 Å². The van der Waals surface area contributed by atoms with Gasteiger partial charge in [-0.3, -0.25) is 9.69 Å². The number of carbonyl (C=O) groups is 2. The molecule has 1 amide bonds. The van der Waals surface area contributed by atoms with E-state index in [0.29, 0.717) is 17.9 Å². The number of ether oxygens (including phenoxy) is 3. The molecular formula is C22H26N2O5. The molecule has 1 atom stereocenters. The first-order valence-corrected chi connectivity index (χ1v) is 9.44. The minimum absolute atomic E-state index is 0.201. The highest BCUT2D eigenvalue weighted by atomic mass is 16.6. The summed E-state index contributed by atoms with van der Waals surface area (Å²) in [5.74, 6) is 1.25. The highest BCUT2D eigenvalue weighted by Gasteiger charge is 2.27. The molecule has 0 radical (unpaired) electrons. The normalized spacial score (nSPS) is 14.9. The Bertz CT molecular complexity index is 881. The molecule has 0 bridgehead atoms. The number of esters is 1. The highest BCUT2D eigenvalue weighted by Crippen LogP contribution is 2.40. The number of nitrogens with zero attached hydrogens (tertiary/aromatic N) is 2. The Hall–Kier alpha value is -3.22. The van der Waals surface area contributed by atoms with Crippen molar-refractivity contribution < 1.29 is 23.8 Å². The molecule has 154 valence electrons. The molecule has 0 N–H and O–H groups in total. The van der Waals surface area contributed by atoms with Crippen LogP contribution in [0.15, 0.2) is 42.5 Å². The third kappa shape index (κ3) is 4.62. The van der Waals surface area contributed by atoms with E-state index in [-0.39, 0.29) is 11.9 Å². The third-order valence-electron chi connectivity index (χ3n) is 5.21. The quantitative estimate of drug-likeness (QED) is 0.689. The van der Waals surface area contributed by atoms with Crippen molar-refractivity contribution in [1.29, 1.82) is 0 Å². The van der Waals surface area contributed by atoms with Gasteiger partial charge in [0.25, 0.3) is 0 Å². The minimum atomic E-state index is -0.474. The molecule has 0 spiro atoms. The first-order valence-electron chi connectivity index (χ1n) is 9.44. The predicted molar refractivity (Wildman–Crippen MR) is 111 cm³/mol. The maximum absolute atomic E-state index is 12.5. The second-order valence-electron chi connectivity index (χ2n) is 7.04. The van der Waals surface area contributed by atoms with Gasteiger partial charge >= 0.3 is 12.1 Å². The summed E-state index contributed by atoms with van der Waals surface area (Å²) >= 11 is 0. The Labute approximate surface area is 170 Å². The smallest absolute Gasteiger partial charge is 0.419 e. The fourth-order valence-corrected chi connectivity index (χ4v) is 3.51. The maximum Gasteiger partial charge on any atom is 0.419 e. The summed E-state index contributed by atoms with van der Waals surface area (Å²) in [5, 5.41) is 0. The van der Waals surface area contributed by atoms with Gasteiger partial charge in [-0.15, -0.1) is 0 Å². The zero-order valence-electron chi connectivity index (χ0n) is 17.2. The molecule has 2 aromatic carbocycles. The van der Waals surface area contributed by atoms with Crippen LogP contribution in [0.25, 0.3) is 0 Å². The van der Waals surface area contributed by atoms with Crippen molar-refractivity contribution in [3.05, 3.63) is 48.0 Å².